The molecule has 90 valence electrons. The summed E-state index contributed by atoms with van der Waals surface area (Å²) in [5.41, 5.74) is 6.41. The van der Waals surface area contributed by atoms with E-state index in [1.165, 1.54) is 0 Å². The van der Waals surface area contributed by atoms with Crippen LogP contribution in [0.15, 0.2) is 24.3 Å². The van der Waals surface area contributed by atoms with Crippen LogP contribution in [0, 0.1) is 5.92 Å². The molecule has 1 aromatic carbocycles. The largest absolute Gasteiger partial charge is 0.349 e. The second-order valence-electron chi connectivity index (χ2n) is 3.93. The molecule has 1 unspecified atom stereocenters. The fraction of sp³-hybridized carbons (Fsp3) is 0.333. The Hall–Kier alpha value is -1.46. The summed E-state index contributed by atoms with van der Waals surface area (Å²) in [6, 6.07) is 7.95. The molecule has 0 radical (unpaired) electrons. The zero-order valence-corrected chi connectivity index (χ0v) is 10.5. The van der Waals surface area contributed by atoms with Crippen molar-refractivity contribution in [2.75, 3.05) is 6.54 Å². The minimum atomic E-state index is -0.149. The van der Waals surface area contributed by atoms with Crippen LogP contribution in [0.2, 0.25) is 0 Å². The van der Waals surface area contributed by atoms with Gasteiger partial charge in [0.15, 0.2) is 0 Å². The fourth-order valence-electron chi connectivity index (χ4n) is 1.44. The van der Waals surface area contributed by atoms with Crippen molar-refractivity contribution < 1.29 is 4.79 Å². The van der Waals surface area contributed by atoms with Crippen molar-refractivity contribution in [2.45, 2.75) is 13.5 Å². The number of hydrogen-bond donors (Lipinski definition) is 2. The van der Waals surface area contributed by atoms with Gasteiger partial charge >= 0.3 is 0 Å². The van der Waals surface area contributed by atoms with E-state index < -0.39 is 0 Å². The van der Waals surface area contributed by atoms with Crippen LogP contribution >= 0.6 is 11.3 Å². The number of thiazole rings is 1. The molecule has 0 aliphatic carbocycles. The molecule has 0 fully saturated rings. The van der Waals surface area contributed by atoms with E-state index in [2.05, 4.69) is 10.3 Å². The highest BCUT2D eigenvalue weighted by Gasteiger charge is 2.11. The quantitative estimate of drug-likeness (QED) is 0.863. The van der Waals surface area contributed by atoms with E-state index in [9.17, 15) is 4.79 Å². The number of hydrogen-bond acceptors (Lipinski definition) is 4. The number of nitrogens with one attached hydrogen (secondary N) is 1. The molecule has 1 amide bonds. The standard InChI is InChI=1S/C12H15N3OS/c1-8(6-13)12(16)14-7-11-15-9-4-2-3-5-10(9)17-11/h2-5,8H,6-7,13H2,1H3,(H,14,16). The van der Waals surface area contributed by atoms with Gasteiger partial charge in [-0.1, -0.05) is 19.1 Å². The number of aromatic nitrogens is 1. The molecule has 3 N–H and O–H groups in total. The van der Waals surface area contributed by atoms with Crippen LogP contribution in [0.25, 0.3) is 10.2 Å². The van der Waals surface area contributed by atoms with E-state index >= 15 is 0 Å². The third-order valence-electron chi connectivity index (χ3n) is 2.55. The highest BCUT2D eigenvalue weighted by Crippen LogP contribution is 2.21. The van der Waals surface area contributed by atoms with Crippen LogP contribution in [0.1, 0.15) is 11.9 Å². The highest BCUT2D eigenvalue weighted by atomic mass is 32.1. The highest BCUT2D eigenvalue weighted by molar-refractivity contribution is 7.18. The molecule has 0 spiro atoms. The summed E-state index contributed by atoms with van der Waals surface area (Å²) in [6.45, 7) is 2.65. The summed E-state index contributed by atoms with van der Waals surface area (Å²) < 4.78 is 1.14. The van der Waals surface area contributed by atoms with Crippen molar-refractivity contribution in [1.82, 2.24) is 10.3 Å². The Morgan fingerprint density at radius 1 is 1.53 bits per heavy atom. The third-order valence-corrected chi connectivity index (χ3v) is 3.59. The zero-order chi connectivity index (χ0) is 12.3. The Labute approximate surface area is 104 Å². The van der Waals surface area contributed by atoms with Gasteiger partial charge in [0.05, 0.1) is 16.8 Å². The molecule has 0 saturated carbocycles. The van der Waals surface area contributed by atoms with Crippen molar-refractivity contribution in [2.24, 2.45) is 11.7 Å². The van der Waals surface area contributed by atoms with Gasteiger partial charge in [-0.2, -0.15) is 0 Å². The second-order valence-corrected chi connectivity index (χ2v) is 5.05. The topological polar surface area (TPSA) is 68.0 Å². The Balaban J connectivity index is 2.02. The van der Waals surface area contributed by atoms with Crippen LogP contribution in [0.3, 0.4) is 0 Å². The van der Waals surface area contributed by atoms with Gasteiger partial charge in [-0.05, 0) is 12.1 Å². The van der Waals surface area contributed by atoms with E-state index in [0.29, 0.717) is 13.1 Å². The number of benzene rings is 1. The Kier molecular flexibility index (Phi) is 3.71. The number of carbonyl (C=O) groups excluding carboxylic acids is 1. The number of rotatable bonds is 4. The maximum absolute atomic E-state index is 11.5. The molecule has 2 rings (SSSR count). The van der Waals surface area contributed by atoms with Gasteiger partial charge in [0, 0.05) is 12.5 Å². The second kappa shape index (κ2) is 5.25. The number of amides is 1. The number of nitrogens with zero attached hydrogens (tertiary/aromatic N) is 1. The van der Waals surface area contributed by atoms with Crippen LogP contribution in [-0.4, -0.2) is 17.4 Å². The lowest BCUT2D eigenvalue weighted by atomic mass is 10.2. The lowest BCUT2D eigenvalue weighted by Gasteiger charge is -2.07. The van der Waals surface area contributed by atoms with E-state index in [-0.39, 0.29) is 11.8 Å². The number of para-hydroxylation sites is 1. The van der Waals surface area contributed by atoms with Crippen molar-refractivity contribution in [3.8, 4) is 0 Å². The lowest BCUT2D eigenvalue weighted by molar-refractivity contribution is -0.124. The molecule has 5 heteroatoms. The van der Waals surface area contributed by atoms with Crippen molar-refractivity contribution in [1.29, 1.82) is 0 Å². The maximum atomic E-state index is 11.5. The molecule has 17 heavy (non-hydrogen) atoms. The van der Waals surface area contributed by atoms with E-state index in [1.807, 2.05) is 31.2 Å². The summed E-state index contributed by atoms with van der Waals surface area (Å²) in [5.74, 6) is -0.170. The third kappa shape index (κ3) is 2.81. The normalized spacial score (nSPS) is 12.6. The van der Waals surface area contributed by atoms with Gasteiger partial charge in [0.2, 0.25) is 5.91 Å². The van der Waals surface area contributed by atoms with Gasteiger partial charge < -0.3 is 11.1 Å². The predicted molar refractivity (Wildman–Crippen MR) is 69.7 cm³/mol. The molecular weight excluding hydrogens is 234 g/mol. The molecule has 0 aliphatic rings. The summed E-state index contributed by atoms with van der Waals surface area (Å²) in [7, 11) is 0. The Morgan fingerprint density at radius 2 is 2.29 bits per heavy atom. The SMILES string of the molecule is CC(CN)C(=O)NCc1nc2ccccc2s1. The van der Waals surface area contributed by atoms with Crippen molar-refractivity contribution >= 4 is 27.5 Å². The Morgan fingerprint density at radius 3 is 3.00 bits per heavy atom. The predicted octanol–water partition coefficient (Wildman–Crippen LogP) is 1.51. The van der Waals surface area contributed by atoms with E-state index in [1.54, 1.807) is 11.3 Å². The molecule has 1 atom stereocenters. The zero-order valence-electron chi connectivity index (χ0n) is 9.64. The first kappa shape index (κ1) is 12.0. The minimum Gasteiger partial charge on any atom is -0.349 e. The number of nitrogens with two attached hydrogens (primary N) is 1. The van der Waals surface area contributed by atoms with Crippen molar-refractivity contribution in [3.05, 3.63) is 29.3 Å². The summed E-state index contributed by atoms with van der Waals surface area (Å²) >= 11 is 1.60. The van der Waals surface area contributed by atoms with Gasteiger partial charge in [-0.3, -0.25) is 4.79 Å². The van der Waals surface area contributed by atoms with Gasteiger partial charge in [-0.25, -0.2) is 4.98 Å². The van der Waals surface area contributed by atoms with Gasteiger partial charge in [-0.15, -0.1) is 11.3 Å². The van der Waals surface area contributed by atoms with Crippen LogP contribution < -0.4 is 11.1 Å². The van der Waals surface area contributed by atoms with Gasteiger partial charge in [0.25, 0.3) is 0 Å². The number of fused-ring (bicyclic) bond motifs is 1. The molecule has 0 saturated heterocycles. The lowest BCUT2D eigenvalue weighted by Crippen LogP contribution is -2.32. The molecule has 0 bridgehead atoms. The molecule has 1 aromatic heterocycles. The summed E-state index contributed by atoms with van der Waals surface area (Å²) in [4.78, 5) is 16.0. The maximum Gasteiger partial charge on any atom is 0.224 e. The van der Waals surface area contributed by atoms with Crippen molar-refractivity contribution in [3.63, 3.8) is 0 Å². The summed E-state index contributed by atoms with van der Waals surface area (Å²) in [5, 5.41) is 3.76. The molecule has 2 aromatic rings. The Bertz CT molecular complexity index is 490. The van der Waals surface area contributed by atoms with Crippen LogP contribution in [0.4, 0.5) is 0 Å². The minimum absolute atomic E-state index is 0.0215. The van der Waals surface area contributed by atoms with Crippen LogP contribution in [0.5, 0.6) is 0 Å². The summed E-state index contributed by atoms with van der Waals surface area (Å²) in [6.07, 6.45) is 0. The monoisotopic (exact) mass is 249 g/mol. The molecular formula is C12H15N3OS. The average molecular weight is 249 g/mol. The van der Waals surface area contributed by atoms with Gasteiger partial charge in [0.1, 0.15) is 5.01 Å². The number of carbonyl (C=O) groups is 1. The first-order valence-corrected chi connectivity index (χ1v) is 6.34. The molecule has 4 nitrogen and oxygen atoms in total. The van der Waals surface area contributed by atoms with Crippen LogP contribution in [-0.2, 0) is 11.3 Å². The molecule has 1 heterocycles. The fourth-order valence-corrected chi connectivity index (χ4v) is 2.35. The van der Waals surface area contributed by atoms with E-state index in [4.69, 9.17) is 5.73 Å². The first-order valence-electron chi connectivity index (χ1n) is 5.53. The average Bonchev–Trinajstić information content (AvgIpc) is 2.77. The van der Waals surface area contributed by atoms with E-state index in [0.717, 1.165) is 15.2 Å². The smallest absolute Gasteiger partial charge is 0.224 e. The first-order chi connectivity index (χ1) is 8.20. The molecule has 0 aliphatic heterocycles.